The number of thioether (sulfide) groups is 1. The van der Waals surface area contributed by atoms with Crippen molar-refractivity contribution < 1.29 is 9.59 Å². The van der Waals surface area contributed by atoms with Gasteiger partial charge in [0.25, 0.3) is 0 Å². The zero-order chi connectivity index (χ0) is 11.8. The largest absolute Gasteiger partial charge is 0.288 e. The van der Waals surface area contributed by atoms with E-state index >= 15 is 0 Å². The fourth-order valence-corrected chi connectivity index (χ4v) is 3.09. The molecule has 0 radical (unpaired) electrons. The average Bonchev–Trinajstić information content (AvgIpc) is 2.37. The molecular weight excluding hydrogens is 232 g/mol. The maximum Gasteiger partial charge on any atom is 0.201 e. The van der Waals surface area contributed by atoms with E-state index < -0.39 is 0 Å². The minimum Gasteiger partial charge on any atom is -0.288 e. The van der Waals surface area contributed by atoms with Crippen molar-refractivity contribution in [3.63, 3.8) is 0 Å². The molecule has 2 aliphatic rings. The Hall–Kier alpha value is -1.83. The molecule has 3 rings (SSSR count). The SMILES string of the molecule is O=C=C1C=CC2=C(Cc3ccccc3S2)C1=O. The summed E-state index contributed by atoms with van der Waals surface area (Å²) in [5.74, 6) is 1.52. The summed E-state index contributed by atoms with van der Waals surface area (Å²) in [5.41, 5.74) is 1.99. The van der Waals surface area contributed by atoms with Crippen LogP contribution >= 0.6 is 11.8 Å². The summed E-state index contributed by atoms with van der Waals surface area (Å²) in [6, 6.07) is 8.02. The van der Waals surface area contributed by atoms with Gasteiger partial charge < -0.3 is 0 Å². The van der Waals surface area contributed by atoms with Crippen molar-refractivity contribution in [3.05, 3.63) is 58.0 Å². The second kappa shape index (κ2) is 3.88. The third kappa shape index (κ3) is 1.60. The first-order valence-corrected chi connectivity index (χ1v) is 6.08. The van der Waals surface area contributed by atoms with Crippen molar-refractivity contribution in [1.82, 2.24) is 0 Å². The van der Waals surface area contributed by atoms with Crippen LogP contribution in [0.25, 0.3) is 0 Å². The van der Waals surface area contributed by atoms with Crippen LogP contribution in [0, 0.1) is 0 Å². The van der Waals surface area contributed by atoms with Crippen LogP contribution in [0.2, 0.25) is 0 Å². The third-order valence-electron chi connectivity index (χ3n) is 2.89. The summed E-state index contributed by atoms with van der Waals surface area (Å²) in [7, 11) is 0. The monoisotopic (exact) mass is 240 g/mol. The zero-order valence-corrected chi connectivity index (χ0v) is 9.71. The highest BCUT2D eigenvalue weighted by Gasteiger charge is 2.26. The lowest BCUT2D eigenvalue weighted by Crippen LogP contribution is -2.15. The van der Waals surface area contributed by atoms with Crippen molar-refractivity contribution in [3.8, 4) is 0 Å². The van der Waals surface area contributed by atoms with Gasteiger partial charge >= 0.3 is 0 Å². The van der Waals surface area contributed by atoms with Gasteiger partial charge in [-0.25, -0.2) is 4.79 Å². The predicted octanol–water partition coefficient (Wildman–Crippen LogP) is 2.49. The Morgan fingerprint density at radius 2 is 2.00 bits per heavy atom. The Kier molecular flexibility index (Phi) is 2.36. The van der Waals surface area contributed by atoms with E-state index in [2.05, 4.69) is 0 Å². The van der Waals surface area contributed by atoms with Crippen LogP contribution < -0.4 is 0 Å². The lowest BCUT2D eigenvalue weighted by molar-refractivity contribution is -0.112. The topological polar surface area (TPSA) is 34.1 Å². The molecule has 17 heavy (non-hydrogen) atoms. The molecule has 2 nitrogen and oxygen atoms in total. The number of hydrogen-bond donors (Lipinski definition) is 0. The van der Waals surface area contributed by atoms with Crippen LogP contribution in [-0.4, -0.2) is 11.7 Å². The molecular formula is C14H8O2S. The van der Waals surface area contributed by atoms with Gasteiger partial charge in [0, 0.05) is 21.8 Å². The molecule has 0 bridgehead atoms. The molecule has 1 aromatic carbocycles. The molecule has 0 amide bonds. The highest BCUT2D eigenvalue weighted by atomic mass is 32.2. The van der Waals surface area contributed by atoms with Gasteiger partial charge in [0.05, 0.1) is 0 Å². The number of benzene rings is 1. The van der Waals surface area contributed by atoms with Crippen molar-refractivity contribution in [2.24, 2.45) is 0 Å². The quantitative estimate of drug-likeness (QED) is 0.516. The van der Waals surface area contributed by atoms with Crippen LogP contribution in [0.4, 0.5) is 0 Å². The molecule has 0 saturated heterocycles. The summed E-state index contributed by atoms with van der Waals surface area (Å²) < 4.78 is 0. The standard InChI is InChI=1S/C14H8O2S/c15-8-10-5-6-13-11(14(10)16)7-9-3-1-2-4-12(9)17-13/h1-6H,7H2. The number of Topliss-reactive ketones (excluding diaryl/α,β-unsaturated/α-hetero) is 1. The normalized spacial score (nSPS) is 17.6. The number of fused-ring (bicyclic) bond motifs is 1. The Labute approximate surface area is 103 Å². The van der Waals surface area contributed by atoms with Crippen LogP contribution in [0.1, 0.15) is 5.56 Å². The number of carbonyl (C=O) groups excluding carboxylic acids is 2. The molecule has 0 unspecified atom stereocenters. The van der Waals surface area contributed by atoms with E-state index in [0.29, 0.717) is 6.42 Å². The number of ketones is 1. The predicted molar refractivity (Wildman–Crippen MR) is 66.4 cm³/mol. The summed E-state index contributed by atoms with van der Waals surface area (Å²) in [4.78, 5) is 24.7. The van der Waals surface area contributed by atoms with E-state index in [4.69, 9.17) is 0 Å². The smallest absolute Gasteiger partial charge is 0.201 e. The molecule has 0 atom stereocenters. The molecule has 0 saturated carbocycles. The van der Waals surface area contributed by atoms with Gasteiger partial charge in [-0.05, 0) is 23.8 Å². The van der Waals surface area contributed by atoms with Crippen LogP contribution in [0.3, 0.4) is 0 Å². The molecule has 1 heterocycles. The molecule has 3 heteroatoms. The van der Waals surface area contributed by atoms with Gasteiger partial charge in [0.15, 0.2) is 0 Å². The highest BCUT2D eigenvalue weighted by molar-refractivity contribution is 8.03. The summed E-state index contributed by atoms with van der Waals surface area (Å²) in [5, 5.41) is 0. The van der Waals surface area contributed by atoms with Gasteiger partial charge in [-0.15, -0.1) is 0 Å². The van der Waals surface area contributed by atoms with Crippen molar-refractivity contribution in [2.45, 2.75) is 11.3 Å². The minimum absolute atomic E-state index is 0.128. The number of allylic oxidation sites excluding steroid dienone is 4. The van der Waals surface area contributed by atoms with E-state index in [9.17, 15) is 9.59 Å². The van der Waals surface area contributed by atoms with E-state index in [1.54, 1.807) is 23.8 Å². The van der Waals surface area contributed by atoms with Gasteiger partial charge in [-0.3, -0.25) is 4.79 Å². The van der Waals surface area contributed by atoms with Crippen molar-refractivity contribution in [2.75, 3.05) is 0 Å². The first-order chi connectivity index (χ1) is 8.29. The number of rotatable bonds is 0. The highest BCUT2D eigenvalue weighted by Crippen LogP contribution is 2.41. The first kappa shape index (κ1) is 10.3. The molecule has 0 spiro atoms. The average molecular weight is 240 g/mol. The third-order valence-corrected chi connectivity index (χ3v) is 4.11. The van der Waals surface area contributed by atoms with E-state index in [0.717, 1.165) is 16.0 Å². The van der Waals surface area contributed by atoms with Crippen molar-refractivity contribution >= 4 is 23.5 Å². The zero-order valence-electron chi connectivity index (χ0n) is 8.90. The van der Waals surface area contributed by atoms with E-state index in [-0.39, 0.29) is 11.4 Å². The molecule has 0 N–H and O–H groups in total. The van der Waals surface area contributed by atoms with Crippen LogP contribution in [-0.2, 0) is 16.0 Å². The summed E-state index contributed by atoms with van der Waals surface area (Å²) >= 11 is 1.59. The maximum atomic E-state index is 12.0. The fraction of sp³-hybridized carbons (Fsp3) is 0.0714. The van der Waals surface area contributed by atoms with Gasteiger partial charge in [0.2, 0.25) is 5.78 Å². The number of carbonyl (C=O) groups is 1. The lowest BCUT2D eigenvalue weighted by Gasteiger charge is -2.21. The summed E-state index contributed by atoms with van der Waals surface area (Å²) in [6.07, 6.45) is 3.99. The Bertz CT molecular complexity index is 631. The van der Waals surface area contributed by atoms with Crippen molar-refractivity contribution in [1.29, 1.82) is 0 Å². The van der Waals surface area contributed by atoms with Crippen LogP contribution in [0.15, 0.2) is 57.4 Å². The molecule has 0 fully saturated rings. The lowest BCUT2D eigenvalue weighted by atomic mass is 9.93. The van der Waals surface area contributed by atoms with Crippen LogP contribution in [0.5, 0.6) is 0 Å². The molecule has 1 aliphatic carbocycles. The fourth-order valence-electron chi connectivity index (χ4n) is 2.01. The Morgan fingerprint density at radius 3 is 2.82 bits per heavy atom. The first-order valence-electron chi connectivity index (χ1n) is 5.26. The second-order valence-corrected chi connectivity index (χ2v) is 4.99. The Balaban J connectivity index is 2.09. The molecule has 82 valence electrons. The second-order valence-electron chi connectivity index (χ2n) is 3.91. The summed E-state index contributed by atoms with van der Waals surface area (Å²) in [6.45, 7) is 0. The van der Waals surface area contributed by atoms with E-state index in [1.807, 2.05) is 30.3 Å². The Morgan fingerprint density at radius 1 is 1.18 bits per heavy atom. The van der Waals surface area contributed by atoms with Gasteiger partial charge in [-0.1, -0.05) is 30.0 Å². The van der Waals surface area contributed by atoms with E-state index in [1.165, 1.54) is 4.90 Å². The maximum absolute atomic E-state index is 12.0. The molecule has 1 aromatic rings. The van der Waals surface area contributed by atoms with Gasteiger partial charge in [0.1, 0.15) is 11.5 Å². The minimum atomic E-state index is -0.181. The molecule has 1 aliphatic heterocycles. The number of hydrogen-bond acceptors (Lipinski definition) is 3. The van der Waals surface area contributed by atoms with Gasteiger partial charge in [-0.2, -0.15) is 0 Å². The molecule has 0 aromatic heterocycles.